The van der Waals surface area contributed by atoms with Gasteiger partial charge in [0.1, 0.15) is 29.5 Å². The van der Waals surface area contributed by atoms with E-state index in [4.69, 9.17) is 14.0 Å². The van der Waals surface area contributed by atoms with Gasteiger partial charge in [-0.1, -0.05) is 11.6 Å². The molecule has 4 aromatic rings. The number of ether oxygens (including phenoxy) is 2. The lowest BCUT2D eigenvalue weighted by Gasteiger charge is -2.26. The van der Waals surface area contributed by atoms with E-state index in [0.29, 0.717) is 46.1 Å². The maximum absolute atomic E-state index is 13.8. The minimum absolute atomic E-state index is 0.131. The van der Waals surface area contributed by atoms with Crippen molar-refractivity contribution >= 4 is 5.78 Å². The van der Waals surface area contributed by atoms with E-state index in [9.17, 15) is 9.90 Å². The number of benzene rings is 3. The SMILES string of the molecule is COc1ccc(-c2onc(-c3ccc(O)cc3)c2C(=O)c2ccc(OCCN3CCCCC3)cc2)cc1. The quantitative estimate of drug-likeness (QED) is 0.291. The Hall–Kier alpha value is -4.10. The number of carbonyl (C=O) groups excluding carboxylic acids is 1. The molecule has 2 heterocycles. The first-order valence-electron chi connectivity index (χ1n) is 12.6. The minimum Gasteiger partial charge on any atom is -0.508 e. The molecule has 0 atom stereocenters. The van der Waals surface area contributed by atoms with Crippen LogP contribution in [0.1, 0.15) is 35.2 Å². The van der Waals surface area contributed by atoms with Crippen molar-refractivity contribution in [2.75, 3.05) is 33.4 Å². The van der Waals surface area contributed by atoms with Crippen molar-refractivity contribution < 1.29 is 23.9 Å². The highest BCUT2D eigenvalue weighted by atomic mass is 16.5. The Balaban J connectivity index is 1.40. The Morgan fingerprint density at radius 1 is 0.892 bits per heavy atom. The molecule has 5 rings (SSSR count). The van der Waals surface area contributed by atoms with Crippen molar-refractivity contribution in [1.82, 2.24) is 10.1 Å². The first-order chi connectivity index (χ1) is 18.1. The van der Waals surface area contributed by atoms with Gasteiger partial charge in [0.05, 0.1) is 12.7 Å². The first kappa shape index (κ1) is 24.6. The van der Waals surface area contributed by atoms with Gasteiger partial charge >= 0.3 is 0 Å². The molecule has 0 aliphatic carbocycles. The minimum atomic E-state index is -0.213. The molecule has 1 saturated heterocycles. The maximum Gasteiger partial charge on any atom is 0.199 e. The highest BCUT2D eigenvalue weighted by Gasteiger charge is 2.26. The van der Waals surface area contributed by atoms with Crippen molar-refractivity contribution in [3.05, 3.63) is 83.9 Å². The summed E-state index contributed by atoms with van der Waals surface area (Å²) in [6.45, 7) is 3.79. The average Bonchev–Trinajstić information content (AvgIpc) is 3.39. The van der Waals surface area contributed by atoms with E-state index in [1.807, 2.05) is 36.4 Å². The zero-order chi connectivity index (χ0) is 25.6. The molecule has 3 aromatic carbocycles. The standard InChI is InChI=1S/C30H30N2O5/c1-35-25-13-9-23(10-14-25)30-27(28(31-37-30)21-5-11-24(33)12-6-21)29(34)22-7-15-26(16-8-22)36-20-19-32-17-3-2-4-18-32/h5-16,33H,2-4,17-20H2,1H3. The summed E-state index contributed by atoms with van der Waals surface area (Å²) in [5.74, 6) is 1.72. The van der Waals surface area contributed by atoms with E-state index in [2.05, 4.69) is 10.1 Å². The molecule has 0 spiro atoms. The number of phenols is 1. The molecular weight excluding hydrogens is 468 g/mol. The molecule has 0 saturated carbocycles. The lowest BCUT2D eigenvalue weighted by Crippen LogP contribution is -2.33. The topological polar surface area (TPSA) is 85.0 Å². The van der Waals surface area contributed by atoms with Crippen LogP contribution >= 0.6 is 0 Å². The van der Waals surface area contributed by atoms with Crippen LogP contribution in [0.25, 0.3) is 22.6 Å². The predicted octanol–water partition coefficient (Wildman–Crippen LogP) is 5.82. The zero-order valence-electron chi connectivity index (χ0n) is 20.9. The molecule has 7 heteroatoms. The number of nitrogens with zero attached hydrogens (tertiary/aromatic N) is 2. The maximum atomic E-state index is 13.8. The summed E-state index contributed by atoms with van der Waals surface area (Å²) in [6, 6.07) is 21.0. The van der Waals surface area contributed by atoms with E-state index < -0.39 is 0 Å². The summed E-state index contributed by atoms with van der Waals surface area (Å²) in [4.78, 5) is 16.2. The second-order valence-corrected chi connectivity index (χ2v) is 9.11. The molecule has 1 aliphatic rings. The Morgan fingerprint density at radius 2 is 1.54 bits per heavy atom. The van der Waals surface area contributed by atoms with E-state index >= 15 is 0 Å². The predicted molar refractivity (Wildman–Crippen MR) is 141 cm³/mol. The lowest BCUT2D eigenvalue weighted by atomic mass is 9.95. The van der Waals surface area contributed by atoms with Gasteiger partial charge in [-0.3, -0.25) is 9.69 Å². The van der Waals surface area contributed by atoms with E-state index in [-0.39, 0.29) is 11.5 Å². The fraction of sp³-hybridized carbons (Fsp3) is 0.267. The highest BCUT2D eigenvalue weighted by Crippen LogP contribution is 2.35. The van der Waals surface area contributed by atoms with E-state index in [1.54, 1.807) is 43.5 Å². The second kappa shape index (κ2) is 11.3. The zero-order valence-corrected chi connectivity index (χ0v) is 20.9. The summed E-state index contributed by atoms with van der Waals surface area (Å²) in [6.07, 6.45) is 3.82. The number of ketones is 1. The Kier molecular flexibility index (Phi) is 7.51. The van der Waals surface area contributed by atoms with E-state index in [0.717, 1.165) is 25.4 Å². The number of carbonyl (C=O) groups is 1. The summed E-state index contributed by atoms with van der Waals surface area (Å²) in [7, 11) is 1.60. The molecule has 0 amide bonds. The van der Waals surface area contributed by atoms with Gasteiger partial charge in [0.25, 0.3) is 0 Å². The van der Waals surface area contributed by atoms with Crippen molar-refractivity contribution in [1.29, 1.82) is 0 Å². The van der Waals surface area contributed by atoms with E-state index in [1.165, 1.54) is 19.3 Å². The molecule has 190 valence electrons. The molecule has 0 bridgehead atoms. The number of likely N-dealkylation sites (tertiary alicyclic amines) is 1. The number of methoxy groups -OCH3 is 1. The molecule has 0 unspecified atom stereocenters. The van der Waals surface area contributed by atoms with Crippen molar-refractivity contribution in [3.63, 3.8) is 0 Å². The van der Waals surface area contributed by atoms with Crippen molar-refractivity contribution in [3.8, 4) is 39.8 Å². The number of rotatable bonds is 9. The Morgan fingerprint density at radius 3 is 2.22 bits per heavy atom. The number of hydrogen-bond acceptors (Lipinski definition) is 7. The largest absolute Gasteiger partial charge is 0.508 e. The molecule has 1 aromatic heterocycles. The average molecular weight is 499 g/mol. The summed E-state index contributed by atoms with van der Waals surface area (Å²) in [5, 5.41) is 14.0. The van der Waals surface area contributed by atoms with Crippen LogP contribution in [0.5, 0.6) is 17.2 Å². The molecular formula is C30H30N2O5. The third-order valence-corrected chi connectivity index (χ3v) is 6.65. The van der Waals surface area contributed by atoms with Gasteiger partial charge in [-0.15, -0.1) is 0 Å². The van der Waals surface area contributed by atoms with Crippen LogP contribution in [0.3, 0.4) is 0 Å². The highest BCUT2D eigenvalue weighted by molar-refractivity contribution is 6.15. The summed E-state index contributed by atoms with van der Waals surface area (Å²) >= 11 is 0. The van der Waals surface area contributed by atoms with Gasteiger partial charge in [-0.05, 0) is 98.7 Å². The molecule has 1 N–H and O–H groups in total. The third-order valence-electron chi connectivity index (χ3n) is 6.65. The van der Waals surface area contributed by atoms with Gasteiger partial charge in [-0.25, -0.2) is 0 Å². The van der Waals surface area contributed by atoms with Gasteiger partial charge < -0.3 is 19.1 Å². The van der Waals surface area contributed by atoms with Crippen molar-refractivity contribution in [2.24, 2.45) is 0 Å². The molecule has 0 radical (unpaired) electrons. The van der Waals surface area contributed by atoms with Crippen LogP contribution in [0, 0.1) is 0 Å². The smallest absolute Gasteiger partial charge is 0.199 e. The fourth-order valence-electron chi connectivity index (χ4n) is 4.58. The van der Waals surface area contributed by atoms with Crippen LogP contribution in [0.15, 0.2) is 77.3 Å². The monoisotopic (exact) mass is 498 g/mol. The van der Waals surface area contributed by atoms with Crippen LogP contribution in [0.2, 0.25) is 0 Å². The summed E-state index contributed by atoms with van der Waals surface area (Å²) < 4.78 is 16.9. The number of aromatic hydroxyl groups is 1. The van der Waals surface area contributed by atoms with Gasteiger partial charge in [0.15, 0.2) is 11.5 Å². The fourth-order valence-corrected chi connectivity index (χ4v) is 4.58. The Labute approximate surface area is 216 Å². The van der Waals surface area contributed by atoms with Crippen LogP contribution in [0.4, 0.5) is 0 Å². The van der Waals surface area contributed by atoms with Crippen LogP contribution < -0.4 is 9.47 Å². The molecule has 1 aliphatic heterocycles. The summed E-state index contributed by atoms with van der Waals surface area (Å²) in [5.41, 5.74) is 2.65. The van der Waals surface area contributed by atoms with Crippen molar-refractivity contribution in [2.45, 2.75) is 19.3 Å². The number of hydrogen-bond donors (Lipinski definition) is 1. The number of aromatic nitrogens is 1. The van der Waals surface area contributed by atoms with Gasteiger partial charge in [-0.2, -0.15) is 0 Å². The molecule has 37 heavy (non-hydrogen) atoms. The number of phenolic OH excluding ortho intramolecular Hbond substituents is 1. The van der Waals surface area contributed by atoms with Gasteiger partial charge in [0, 0.05) is 23.2 Å². The normalized spacial score (nSPS) is 13.9. The molecule has 1 fully saturated rings. The Bertz CT molecular complexity index is 1320. The molecule has 7 nitrogen and oxygen atoms in total. The van der Waals surface area contributed by atoms with Crippen LogP contribution in [-0.4, -0.2) is 54.3 Å². The first-order valence-corrected chi connectivity index (χ1v) is 12.6. The van der Waals surface area contributed by atoms with Crippen LogP contribution in [-0.2, 0) is 0 Å². The second-order valence-electron chi connectivity index (χ2n) is 9.11. The lowest BCUT2D eigenvalue weighted by molar-refractivity contribution is 0.103. The number of piperidine rings is 1. The van der Waals surface area contributed by atoms with Gasteiger partial charge in [0.2, 0.25) is 0 Å². The third kappa shape index (κ3) is 5.67.